The van der Waals surface area contributed by atoms with Gasteiger partial charge in [0.15, 0.2) is 0 Å². The molecule has 1 N–H and O–H groups in total. The highest BCUT2D eigenvalue weighted by Crippen LogP contribution is 2.18. The van der Waals surface area contributed by atoms with Crippen molar-refractivity contribution in [2.45, 2.75) is 180 Å². The van der Waals surface area contributed by atoms with Crippen LogP contribution in [0.25, 0.3) is 0 Å². The number of hydrogen-bond acceptors (Lipinski definition) is 3. The van der Waals surface area contributed by atoms with Gasteiger partial charge in [-0.25, -0.2) is 0 Å². The quantitative estimate of drug-likeness (QED) is 0.0543. The third-order valence-electron chi connectivity index (χ3n) is 7.69. The Balaban J connectivity index is 3.28. The Bertz CT molecular complexity index is 531. The Morgan fingerprint density at radius 3 is 1.29 bits per heavy atom. The highest BCUT2D eigenvalue weighted by Gasteiger charge is 2.21. The fraction of sp³-hybridized carbons (Fsp3) is 0.882. The summed E-state index contributed by atoms with van der Waals surface area (Å²) in [6.45, 7) is 6.10. The Hall–Kier alpha value is -1.32. The molecule has 1 unspecified atom stereocenters. The summed E-state index contributed by atoms with van der Waals surface area (Å²) in [4.78, 5) is 23.0. The summed E-state index contributed by atoms with van der Waals surface area (Å²) < 4.78 is 5.03. The average molecular weight is 537 g/mol. The van der Waals surface area contributed by atoms with Crippen molar-refractivity contribution < 1.29 is 19.4 Å². The van der Waals surface area contributed by atoms with Crippen LogP contribution in [0, 0.1) is 5.92 Å². The minimum absolute atomic E-state index is 0.00684. The number of allylic oxidation sites excluding steroid dienone is 1. The number of hydrogen-bond donors (Lipinski definition) is 1. The van der Waals surface area contributed by atoms with Crippen LogP contribution >= 0.6 is 0 Å². The lowest BCUT2D eigenvalue weighted by Gasteiger charge is -2.11. The molecule has 0 aromatic carbocycles. The predicted molar refractivity (Wildman–Crippen MR) is 163 cm³/mol. The van der Waals surface area contributed by atoms with Crippen LogP contribution in [-0.2, 0) is 14.3 Å². The van der Waals surface area contributed by atoms with E-state index >= 15 is 0 Å². The monoisotopic (exact) mass is 536 g/mol. The molecule has 4 heteroatoms. The fourth-order valence-corrected chi connectivity index (χ4v) is 5.18. The second-order valence-electron chi connectivity index (χ2n) is 11.5. The molecular weight excluding hydrogens is 472 g/mol. The standard InChI is InChI=1S/C34H64O4/c1-3-5-6-7-8-9-10-11-12-13-14-15-16-17-18-19-20-21-22-23-24-25-26-27-28-29-32(34(36)37)31-33(35)38-30-4-2/h3,32H,1,4-31H2,2H3,(H,36,37). The van der Waals surface area contributed by atoms with Crippen LogP contribution in [0.4, 0.5) is 0 Å². The molecule has 4 nitrogen and oxygen atoms in total. The van der Waals surface area contributed by atoms with E-state index in [1.807, 2.05) is 13.0 Å². The van der Waals surface area contributed by atoms with Crippen molar-refractivity contribution in [3.05, 3.63) is 12.7 Å². The molecule has 0 fully saturated rings. The van der Waals surface area contributed by atoms with Crippen LogP contribution in [-0.4, -0.2) is 23.7 Å². The molecular formula is C34H64O4. The van der Waals surface area contributed by atoms with E-state index in [1.165, 1.54) is 141 Å². The molecule has 0 spiro atoms. The van der Waals surface area contributed by atoms with Gasteiger partial charge in [-0.05, 0) is 25.7 Å². The maximum Gasteiger partial charge on any atom is 0.307 e. The zero-order chi connectivity index (χ0) is 27.9. The number of ether oxygens (including phenoxy) is 1. The molecule has 0 aromatic rings. The number of carbonyl (C=O) groups is 2. The SMILES string of the molecule is C=CCCCCCCCCCCCCCCCCCCCCCCCCCC(CC(=O)OCCC)C(=O)O. The lowest BCUT2D eigenvalue weighted by molar-refractivity contribution is -0.151. The number of unbranched alkanes of at least 4 members (excludes halogenated alkanes) is 23. The van der Waals surface area contributed by atoms with Crippen molar-refractivity contribution in [2.24, 2.45) is 5.92 Å². The maximum absolute atomic E-state index is 11.7. The van der Waals surface area contributed by atoms with Gasteiger partial charge in [0.25, 0.3) is 0 Å². The van der Waals surface area contributed by atoms with Gasteiger partial charge < -0.3 is 9.84 Å². The van der Waals surface area contributed by atoms with Gasteiger partial charge >= 0.3 is 11.9 Å². The molecule has 0 aliphatic rings. The van der Waals surface area contributed by atoms with E-state index in [1.54, 1.807) is 0 Å². The summed E-state index contributed by atoms with van der Waals surface area (Å²) >= 11 is 0. The molecule has 0 aromatic heterocycles. The lowest BCUT2D eigenvalue weighted by Crippen LogP contribution is -2.19. The van der Waals surface area contributed by atoms with Gasteiger partial charge in [0, 0.05) is 0 Å². The van der Waals surface area contributed by atoms with Crippen molar-refractivity contribution in [2.75, 3.05) is 6.61 Å². The summed E-state index contributed by atoms with van der Waals surface area (Å²) in [6, 6.07) is 0. The van der Waals surface area contributed by atoms with Crippen LogP contribution in [0.5, 0.6) is 0 Å². The smallest absolute Gasteiger partial charge is 0.307 e. The first-order chi connectivity index (χ1) is 18.6. The van der Waals surface area contributed by atoms with Gasteiger partial charge in [0.2, 0.25) is 0 Å². The summed E-state index contributed by atoms with van der Waals surface area (Å²) in [5.74, 6) is -1.85. The van der Waals surface area contributed by atoms with E-state index in [0.717, 1.165) is 19.3 Å². The molecule has 0 rings (SSSR count). The molecule has 1 atom stereocenters. The van der Waals surface area contributed by atoms with Gasteiger partial charge in [-0.1, -0.05) is 154 Å². The van der Waals surface area contributed by atoms with Crippen LogP contribution in [0.15, 0.2) is 12.7 Å². The molecule has 0 bridgehead atoms. The summed E-state index contributed by atoms with van der Waals surface area (Å²) in [6.07, 6.45) is 35.5. The molecule has 0 radical (unpaired) electrons. The predicted octanol–water partition coefficient (Wildman–Crippen LogP) is 11.0. The lowest BCUT2D eigenvalue weighted by atomic mass is 9.97. The van der Waals surface area contributed by atoms with Gasteiger partial charge in [-0.3, -0.25) is 9.59 Å². The molecule has 0 saturated heterocycles. The highest BCUT2D eigenvalue weighted by molar-refractivity contribution is 5.78. The average Bonchev–Trinajstić information content (AvgIpc) is 2.91. The largest absolute Gasteiger partial charge is 0.481 e. The molecule has 0 amide bonds. The summed E-state index contributed by atoms with van der Waals surface area (Å²) in [5, 5.41) is 9.33. The second kappa shape index (κ2) is 30.2. The van der Waals surface area contributed by atoms with Crippen molar-refractivity contribution in [1.82, 2.24) is 0 Å². The maximum atomic E-state index is 11.7. The summed E-state index contributed by atoms with van der Waals surface area (Å²) in [7, 11) is 0. The van der Waals surface area contributed by atoms with E-state index in [2.05, 4.69) is 6.58 Å². The minimum Gasteiger partial charge on any atom is -0.481 e. The van der Waals surface area contributed by atoms with Crippen molar-refractivity contribution in [3.63, 3.8) is 0 Å². The second-order valence-corrected chi connectivity index (χ2v) is 11.5. The topological polar surface area (TPSA) is 63.6 Å². The van der Waals surface area contributed by atoms with E-state index < -0.39 is 11.9 Å². The molecule has 0 heterocycles. The molecule has 0 saturated carbocycles. The third-order valence-corrected chi connectivity index (χ3v) is 7.69. The Morgan fingerprint density at radius 1 is 0.632 bits per heavy atom. The normalized spacial score (nSPS) is 11.9. The van der Waals surface area contributed by atoms with Crippen LogP contribution < -0.4 is 0 Å². The Labute approximate surface area is 236 Å². The van der Waals surface area contributed by atoms with E-state index in [-0.39, 0.29) is 12.4 Å². The van der Waals surface area contributed by atoms with Crippen molar-refractivity contribution >= 4 is 11.9 Å². The Kier molecular flexibility index (Phi) is 29.2. The van der Waals surface area contributed by atoms with E-state index in [0.29, 0.717) is 13.0 Å². The first-order valence-electron chi connectivity index (χ1n) is 16.6. The number of carbonyl (C=O) groups excluding carboxylic acids is 1. The summed E-state index contributed by atoms with van der Waals surface area (Å²) in [5.41, 5.74) is 0. The van der Waals surface area contributed by atoms with Gasteiger partial charge in [-0.2, -0.15) is 0 Å². The van der Waals surface area contributed by atoms with Crippen LogP contribution in [0.2, 0.25) is 0 Å². The number of carboxylic acid groups (broad SMARTS) is 1. The van der Waals surface area contributed by atoms with Crippen LogP contribution in [0.3, 0.4) is 0 Å². The van der Waals surface area contributed by atoms with E-state index in [9.17, 15) is 14.7 Å². The van der Waals surface area contributed by atoms with Gasteiger partial charge in [0.05, 0.1) is 18.9 Å². The minimum atomic E-state index is -0.874. The molecule has 224 valence electrons. The number of rotatable bonds is 31. The fourth-order valence-electron chi connectivity index (χ4n) is 5.18. The highest BCUT2D eigenvalue weighted by atomic mass is 16.5. The molecule has 0 aliphatic heterocycles. The third kappa shape index (κ3) is 27.7. The Morgan fingerprint density at radius 2 is 0.974 bits per heavy atom. The number of carboxylic acids is 1. The zero-order valence-corrected chi connectivity index (χ0v) is 25.3. The van der Waals surface area contributed by atoms with E-state index in [4.69, 9.17) is 4.74 Å². The number of aliphatic carboxylic acids is 1. The van der Waals surface area contributed by atoms with Crippen LogP contribution in [0.1, 0.15) is 180 Å². The van der Waals surface area contributed by atoms with Crippen molar-refractivity contribution in [1.29, 1.82) is 0 Å². The van der Waals surface area contributed by atoms with Gasteiger partial charge in [-0.15, -0.1) is 6.58 Å². The number of esters is 1. The zero-order valence-electron chi connectivity index (χ0n) is 25.3. The molecule has 0 aliphatic carbocycles. The first-order valence-corrected chi connectivity index (χ1v) is 16.6. The first kappa shape index (κ1) is 36.7. The van der Waals surface area contributed by atoms with Gasteiger partial charge in [0.1, 0.15) is 0 Å². The van der Waals surface area contributed by atoms with Crippen molar-refractivity contribution in [3.8, 4) is 0 Å². The molecule has 38 heavy (non-hydrogen) atoms.